The Morgan fingerprint density at radius 2 is 2.00 bits per heavy atom. The van der Waals surface area contributed by atoms with Gasteiger partial charge in [0.1, 0.15) is 0 Å². The topological polar surface area (TPSA) is 104 Å². The van der Waals surface area contributed by atoms with Crippen LogP contribution in [-0.4, -0.2) is 32.9 Å². The van der Waals surface area contributed by atoms with E-state index in [1.54, 1.807) is 12.1 Å². The van der Waals surface area contributed by atoms with Crippen LogP contribution in [0.3, 0.4) is 0 Å². The number of carbonyl (C=O) groups excluding carboxylic acids is 2. The molecule has 0 bridgehead atoms. The number of sulfonamides is 1. The van der Waals surface area contributed by atoms with E-state index in [1.807, 2.05) is 11.6 Å². The molecule has 1 atom stereocenters. The Morgan fingerprint density at radius 1 is 1.33 bits per heavy atom. The van der Waals surface area contributed by atoms with Crippen molar-refractivity contribution in [2.45, 2.75) is 30.7 Å². The van der Waals surface area contributed by atoms with Crippen molar-refractivity contribution in [2.75, 3.05) is 6.54 Å². The van der Waals surface area contributed by atoms with Crippen molar-refractivity contribution < 1.29 is 18.0 Å². The molecule has 1 saturated heterocycles. The van der Waals surface area contributed by atoms with Crippen LogP contribution in [-0.2, 0) is 14.8 Å². The fraction of sp³-hybridized carbons (Fsp3) is 0.385. The van der Waals surface area contributed by atoms with Gasteiger partial charge in [0.2, 0.25) is 5.91 Å². The smallest absolute Gasteiger partial charge is 0.328 e. The van der Waals surface area contributed by atoms with E-state index in [1.165, 1.54) is 12.1 Å². The maximum absolute atomic E-state index is 12.0. The zero-order valence-corrected chi connectivity index (χ0v) is 12.4. The maximum atomic E-state index is 12.0. The van der Waals surface area contributed by atoms with E-state index in [4.69, 9.17) is 0 Å². The molecule has 1 unspecified atom stereocenters. The molecular weight excluding hydrogens is 294 g/mol. The lowest BCUT2D eigenvalue weighted by molar-refractivity contribution is -0.119. The van der Waals surface area contributed by atoms with Gasteiger partial charge in [0.15, 0.2) is 0 Å². The highest BCUT2D eigenvalue weighted by Gasteiger charge is 2.22. The molecule has 3 N–H and O–H groups in total. The van der Waals surface area contributed by atoms with Gasteiger partial charge in [0, 0.05) is 19.0 Å². The van der Waals surface area contributed by atoms with Crippen molar-refractivity contribution in [1.82, 2.24) is 15.4 Å². The van der Waals surface area contributed by atoms with Crippen molar-refractivity contribution in [3.05, 3.63) is 29.8 Å². The number of amides is 3. The Kier molecular flexibility index (Phi) is 4.46. The molecule has 1 aromatic carbocycles. The monoisotopic (exact) mass is 311 g/mol. The van der Waals surface area contributed by atoms with Gasteiger partial charge in [-0.05, 0) is 25.5 Å². The molecule has 0 radical (unpaired) electrons. The molecule has 7 nitrogen and oxygen atoms in total. The molecule has 1 fully saturated rings. The Balaban J connectivity index is 1.89. The molecule has 0 aliphatic carbocycles. The average molecular weight is 311 g/mol. The van der Waals surface area contributed by atoms with Crippen LogP contribution in [0.2, 0.25) is 0 Å². The fourth-order valence-electron chi connectivity index (χ4n) is 1.98. The van der Waals surface area contributed by atoms with Crippen LogP contribution in [0.1, 0.15) is 18.4 Å². The van der Waals surface area contributed by atoms with Crippen molar-refractivity contribution >= 4 is 22.0 Å². The predicted molar refractivity (Wildman–Crippen MR) is 76.1 cm³/mol. The van der Waals surface area contributed by atoms with Gasteiger partial charge in [-0.1, -0.05) is 17.7 Å². The van der Waals surface area contributed by atoms with Gasteiger partial charge in [0.25, 0.3) is 10.0 Å². The number of hydrogen-bond donors (Lipinski definition) is 3. The summed E-state index contributed by atoms with van der Waals surface area (Å²) < 4.78 is 25.9. The summed E-state index contributed by atoms with van der Waals surface area (Å²) in [5.41, 5.74) is 0.926. The molecule has 0 spiro atoms. The van der Waals surface area contributed by atoms with Gasteiger partial charge in [0.05, 0.1) is 4.90 Å². The molecule has 8 heteroatoms. The lowest BCUT2D eigenvalue weighted by Gasteiger charge is -2.12. The van der Waals surface area contributed by atoms with Crippen LogP contribution in [0.5, 0.6) is 0 Å². The lowest BCUT2D eigenvalue weighted by Crippen LogP contribution is -2.44. The highest BCUT2D eigenvalue weighted by Crippen LogP contribution is 2.09. The number of carbonyl (C=O) groups is 2. The minimum Gasteiger partial charge on any atom is -0.352 e. The van der Waals surface area contributed by atoms with Gasteiger partial charge in [-0.25, -0.2) is 17.9 Å². The number of aryl methyl sites for hydroxylation is 1. The summed E-state index contributed by atoms with van der Waals surface area (Å²) in [6.07, 6.45) is 1.06. The normalized spacial score (nSPS) is 18.1. The molecule has 0 saturated carbocycles. The Morgan fingerprint density at radius 3 is 2.57 bits per heavy atom. The van der Waals surface area contributed by atoms with Gasteiger partial charge in [-0.15, -0.1) is 0 Å². The summed E-state index contributed by atoms with van der Waals surface area (Å²) in [4.78, 5) is 22.7. The second-order valence-electron chi connectivity index (χ2n) is 4.93. The van der Waals surface area contributed by atoms with Crippen LogP contribution in [0.4, 0.5) is 4.79 Å². The fourth-order valence-corrected chi connectivity index (χ4v) is 2.91. The predicted octanol–water partition coefficient (Wildman–Crippen LogP) is 0.262. The molecule has 2 rings (SSSR count). The Bertz CT molecular complexity index is 640. The zero-order valence-electron chi connectivity index (χ0n) is 11.5. The maximum Gasteiger partial charge on any atom is 0.328 e. The Hall–Kier alpha value is -2.09. The van der Waals surface area contributed by atoms with Crippen molar-refractivity contribution in [3.63, 3.8) is 0 Å². The van der Waals surface area contributed by atoms with E-state index in [9.17, 15) is 18.0 Å². The van der Waals surface area contributed by atoms with Gasteiger partial charge in [-0.2, -0.15) is 0 Å². The van der Waals surface area contributed by atoms with E-state index in [0.29, 0.717) is 12.8 Å². The van der Waals surface area contributed by atoms with Gasteiger partial charge in [-0.3, -0.25) is 4.79 Å². The van der Waals surface area contributed by atoms with Crippen LogP contribution in [0, 0.1) is 6.92 Å². The number of rotatable bonds is 4. The van der Waals surface area contributed by atoms with E-state index in [0.717, 1.165) is 5.56 Å². The third-order valence-corrected chi connectivity index (χ3v) is 4.50. The van der Waals surface area contributed by atoms with Crippen LogP contribution < -0.4 is 15.4 Å². The summed E-state index contributed by atoms with van der Waals surface area (Å²) in [5, 5.41) is 5.12. The molecule has 114 valence electrons. The summed E-state index contributed by atoms with van der Waals surface area (Å²) in [6.45, 7) is 2.04. The van der Waals surface area contributed by atoms with Crippen molar-refractivity contribution in [2.24, 2.45) is 0 Å². The average Bonchev–Trinajstić information content (AvgIpc) is 2.82. The molecule has 1 aromatic rings. The molecular formula is C13H17N3O4S. The minimum absolute atomic E-state index is 0.0254. The van der Waals surface area contributed by atoms with Crippen LogP contribution in [0.25, 0.3) is 0 Å². The van der Waals surface area contributed by atoms with Crippen molar-refractivity contribution in [1.29, 1.82) is 0 Å². The number of urea groups is 1. The van der Waals surface area contributed by atoms with Gasteiger partial charge >= 0.3 is 6.03 Å². The quantitative estimate of drug-likeness (QED) is 0.742. The van der Waals surface area contributed by atoms with E-state index >= 15 is 0 Å². The molecule has 21 heavy (non-hydrogen) atoms. The molecule has 3 amide bonds. The van der Waals surface area contributed by atoms with Gasteiger partial charge < -0.3 is 10.6 Å². The summed E-state index contributed by atoms with van der Waals surface area (Å²) in [6, 6.07) is 5.22. The lowest BCUT2D eigenvalue weighted by atomic mass is 10.2. The zero-order chi connectivity index (χ0) is 15.5. The second-order valence-corrected chi connectivity index (χ2v) is 6.61. The summed E-state index contributed by atoms with van der Waals surface area (Å²) >= 11 is 0. The number of benzene rings is 1. The molecule has 0 aromatic heterocycles. The van der Waals surface area contributed by atoms with E-state index in [-0.39, 0.29) is 23.4 Å². The third kappa shape index (κ3) is 4.19. The first-order valence-corrected chi connectivity index (χ1v) is 8.02. The SMILES string of the molecule is Cc1ccc(S(=O)(=O)NC(=O)NCC2CCC(=O)N2)cc1. The summed E-state index contributed by atoms with van der Waals surface area (Å²) in [7, 11) is -3.88. The van der Waals surface area contributed by atoms with Crippen LogP contribution >= 0.6 is 0 Å². The highest BCUT2D eigenvalue weighted by atomic mass is 32.2. The van der Waals surface area contributed by atoms with Crippen molar-refractivity contribution in [3.8, 4) is 0 Å². The number of hydrogen-bond acceptors (Lipinski definition) is 4. The van der Waals surface area contributed by atoms with Crippen LogP contribution in [0.15, 0.2) is 29.2 Å². The molecule has 1 aliphatic heterocycles. The Labute approximate surface area is 123 Å². The standard InChI is InChI=1S/C13H17N3O4S/c1-9-2-5-11(6-3-9)21(19,20)16-13(18)14-8-10-4-7-12(17)15-10/h2-3,5-6,10H,4,7-8H2,1H3,(H,15,17)(H2,14,16,18). The summed E-state index contributed by atoms with van der Waals surface area (Å²) in [5.74, 6) is -0.0607. The first-order valence-electron chi connectivity index (χ1n) is 6.53. The largest absolute Gasteiger partial charge is 0.352 e. The highest BCUT2D eigenvalue weighted by molar-refractivity contribution is 7.90. The van der Waals surface area contributed by atoms with E-state index in [2.05, 4.69) is 10.6 Å². The minimum atomic E-state index is -3.88. The third-order valence-electron chi connectivity index (χ3n) is 3.15. The molecule has 1 heterocycles. The number of nitrogens with one attached hydrogen (secondary N) is 3. The second kappa shape index (κ2) is 6.13. The van der Waals surface area contributed by atoms with E-state index < -0.39 is 16.1 Å². The first-order chi connectivity index (χ1) is 9.87. The first kappa shape index (κ1) is 15.3. The molecule has 1 aliphatic rings.